The molecule has 1 spiro atoms. The molecule has 2 aliphatic carbocycles. The average molecular weight is 439 g/mol. The first kappa shape index (κ1) is 21.6. The number of fused-ring (bicyclic) bond motifs is 3. The number of carbonyl (C=O) groups excluding carboxylic acids is 2. The van der Waals surface area contributed by atoms with Crippen LogP contribution in [0.25, 0.3) is 0 Å². The van der Waals surface area contributed by atoms with Crippen LogP contribution in [0.3, 0.4) is 0 Å². The zero-order valence-corrected chi connectivity index (χ0v) is 19.4. The zero-order valence-electron chi connectivity index (χ0n) is 19.4. The number of carbonyl (C=O) groups is 2. The highest BCUT2D eigenvalue weighted by atomic mass is 16.6. The van der Waals surface area contributed by atoms with Crippen molar-refractivity contribution in [3.8, 4) is 11.8 Å². The van der Waals surface area contributed by atoms with Crippen LogP contribution >= 0.6 is 0 Å². The number of rotatable bonds is 1. The predicted molar refractivity (Wildman–Crippen MR) is 121 cm³/mol. The summed E-state index contributed by atoms with van der Waals surface area (Å²) in [6.07, 6.45) is 11.7. The van der Waals surface area contributed by atoms with Gasteiger partial charge in [-0.3, -0.25) is 4.90 Å². The Bertz CT molecular complexity index is 926. The Morgan fingerprint density at radius 3 is 2.75 bits per heavy atom. The maximum atomic E-state index is 12.3. The molecule has 1 N–H and O–H groups in total. The van der Waals surface area contributed by atoms with Gasteiger partial charge >= 0.3 is 12.1 Å². The van der Waals surface area contributed by atoms with Gasteiger partial charge < -0.3 is 14.8 Å². The average Bonchev–Trinajstić information content (AvgIpc) is 3.21. The molecule has 0 aromatic heterocycles. The summed E-state index contributed by atoms with van der Waals surface area (Å²) in [6, 6.07) is 0.765. The number of nitrogens with zero attached hydrogens (tertiary/aromatic N) is 1. The van der Waals surface area contributed by atoms with Crippen LogP contribution in [0.2, 0.25) is 0 Å². The minimum Gasteiger partial charge on any atom is -0.449 e. The number of piperidine rings is 1. The molecule has 6 nitrogen and oxygen atoms in total. The van der Waals surface area contributed by atoms with E-state index in [1.807, 2.05) is 20.8 Å². The quantitative estimate of drug-likeness (QED) is 0.497. The number of hydrogen-bond donors (Lipinski definition) is 1. The number of ether oxygens (including phenoxy) is 2. The predicted octanol–water partition coefficient (Wildman–Crippen LogP) is 3.86. The van der Waals surface area contributed by atoms with E-state index in [1.165, 1.54) is 12.8 Å². The van der Waals surface area contributed by atoms with Crippen molar-refractivity contribution in [2.24, 2.45) is 5.92 Å². The number of hydrogen-bond acceptors (Lipinski definition) is 5. The molecule has 5 aliphatic rings. The lowest BCUT2D eigenvalue weighted by Crippen LogP contribution is -2.48. The van der Waals surface area contributed by atoms with E-state index in [0.29, 0.717) is 18.0 Å². The lowest BCUT2D eigenvalue weighted by molar-refractivity contribution is -0.148. The summed E-state index contributed by atoms with van der Waals surface area (Å²) in [5.41, 5.74) is 1.05. The Hall–Kier alpha value is -2.26. The Kier molecular flexibility index (Phi) is 5.36. The molecule has 6 heteroatoms. The second-order valence-corrected chi connectivity index (χ2v) is 10.9. The first-order chi connectivity index (χ1) is 15.2. The largest absolute Gasteiger partial charge is 0.449 e. The number of alkyl carbamates (subject to hydrolysis) is 1. The zero-order chi connectivity index (χ0) is 22.5. The first-order valence-electron chi connectivity index (χ1n) is 12.2. The molecule has 32 heavy (non-hydrogen) atoms. The normalized spacial score (nSPS) is 36.0. The van der Waals surface area contributed by atoms with E-state index >= 15 is 0 Å². The summed E-state index contributed by atoms with van der Waals surface area (Å²) >= 11 is 0. The van der Waals surface area contributed by atoms with Gasteiger partial charge in [0, 0.05) is 41.6 Å². The fourth-order valence-electron chi connectivity index (χ4n) is 6.21. The van der Waals surface area contributed by atoms with E-state index in [0.717, 1.165) is 56.2 Å². The van der Waals surface area contributed by atoms with Crippen molar-refractivity contribution in [3.63, 3.8) is 0 Å². The molecule has 0 aromatic carbocycles. The highest BCUT2D eigenvalue weighted by Gasteiger charge is 2.61. The molecule has 2 bridgehead atoms. The minimum absolute atomic E-state index is 0.149. The van der Waals surface area contributed by atoms with Gasteiger partial charge in [0.25, 0.3) is 0 Å². The molecule has 3 aliphatic heterocycles. The number of esters is 1. The van der Waals surface area contributed by atoms with Crippen LogP contribution < -0.4 is 5.32 Å². The van der Waals surface area contributed by atoms with E-state index in [4.69, 9.17) is 9.47 Å². The van der Waals surface area contributed by atoms with Crippen LogP contribution in [0.1, 0.15) is 72.1 Å². The van der Waals surface area contributed by atoms with Crippen molar-refractivity contribution >= 4 is 12.1 Å². The highest BCUT2D eigenvalue weighted by molar-refractivity contribution is 5.90. The van der Waals surface area contributed by atoms with Crippen LogP contribution in [0.4, 0.5) is 4.79 Å². The third-order valence-corrected chi connectivity index (χ3v) is 7.53. The third kappa shape index (κ3) is 3.96. The van der Waals surface area contributed by atoms with Crippen molar-refractivity contribution in [2.75, 3.05) is 6.54 Å². The molecule has 0 aromatic rings. The van der Waals surface area contributed by atoms with Crippen LogP contribution in [0.15, 0.2) is 23.3 Å². The van der Waals surface area contributed by atoms with Crippen LogP contribution in [0, 0.1) is 17.8 Å². The molecule has 172 valence electrons. The number of nitrogens with one attached hydrogen (secondary N) is 1. The Morgan fingerprint density at radius 2 is 2.00 bits per heavy atom. The van der Waals surface area contributed by atoms with Gasteiger partial charge in [-0.1, -0.05) is 24.3 Å². The highest BCUT2D eigenvalue weighted by Crippen LogP contribution is 2.53. The van der Waals surface area contributed by atoms with E-state index in [9.17, 15) is 9.59 Å². The van der Waals surface area contributed by atoms with Crippen molar-refractivity contribution in [3.05, 3.63) is 23.3 Å². The first-order valence-corrected chi connectivity index (χ1v) is 12.2. The van der Waals surface area contributed by atoms with E-state index in [1.54, 1.807) is 6.08 Å². The van der Waals surface area contributed by atoms with Gasteiger partial charge in [-0.25, -0.2) is 9.59 Å². The molecule has 2 saturated heterocycles. The van der Waals surface area contributed by atoms with Crippen molar-refractivity contribution in [1.82, 2.24) is 10.2 Å². The van der Waals surface area contributed by atoms with Crippen LogP contribution in [0.5, 0.6) is 0 Å². The van der Waals surface area contributed by atoms with Gasteiger partial charge in [-0.2, -0.15) is 0 Å². The van der Waals surface area contributed by atoms with E-state index in [2.05, 4.69) is 28.1 Å². The monoisotopic (exact) mass is 438 g/mol. The summed E-state index contributed by atoms with van der Waals surface area (Å²) in [6.45, 7) is 6.70. The van der Waals surface area contributed by atoms with Crippen molar-refractivity contribution in [2.45, 2.75) is 101 Å². The minimum atomic E-state index is -0.481. The van der Waals surface area contributed by atoms with E-state index < -0.39 is 11.2 Å². The van der Waals surface area contributed by atoms with Crippen LogP contribution in [-0.4, -0.2) is 52.8 Å². The van der Waals surface area contributed by atoms with Gasteiger partial charge in [-0.05, 0) is 65.8 Å². The fourth-order valence-corrected chi connectivity index (χ4v) is 6.21. The maximum Gasteiger partial charge on any atom is 0.407 e. The summed E-state index contributed by atoms with van der Waals surface area (Å²) in [5.74, 6) is 7.03. The molecule has 3 atom stereocenters. The van der Waals surface area contributed by atoms with Gasteiger partial charge in [0.05, 0.1) is 6.04 Å². The molecule has 0 radical (unpaired) electrons. The molecule has 3 heterocycles. The Balaban J connectivity index is 1.24. The fraction of sp³-hybridized carbons (Fsp3) is 0.692. The lowest BCUT2D eigenvalue weighted by Gasteiger charge is -2.38. The van der Waals surface area contributed by atoms with Crippen LogP contribution in [-0.2, 0) is 14.3 Å². The molecule has 3 fully saturated rings. The Labute approximate surface area is 190 Å². The van der Waals surface area contributed by atoms with Crippen molar-refractivity contribution in [1.29, 1.82) is 0 Å². The molecular formula is C26H34N2O4. The molecule has 1 saturated carbocycles. The smallest absolute Gasteiger partial charge is 0.407 e. The molecule has 5 rings (SSSR count). The molecular weight excluding hydrogens is 404 g/mol. The second-order valence-electron chi connectivity index (χ2n) is 10.9. The summed E-state index contributed by atoms with van der Waals surface area (Å²) < 4.78 is 11.4. The standard InChI is InChI=1S/C26H34N2O4/c1-25(2,3)32-24(30)27-19-11-8-17(9-12-19)7-10-18-14-20-16-26(21(18)15-23(29)31-26)22-6-4-5-13-28(20)22/h14-15,17,19-20,22H,4-6,8-9,11-13,16H2,1-3H3,(H,27,30)/t17?,19?,20-,22-,26+/m1/s1. The molecule has 0 unspecified atom stereocenters. The SMILES string of the molecule is CC(C)(C)OC(=O)NC1CCC(C#CC2=C[C@@H]3C[C@@]4(OC(=O)C=C24)[C@H]2CCCCN32)CC1. The molecule has 1 amide bonds. The summed E-state index contributed by atoms with van der Waals surface area (Å²) in [7, 11) is 0. The van der Waals surface area contributed by atoms with Gasteiger partial charge in [0.1, 0.15) is 5.60 Å². The van der Waals surface area contributed by atoms with Crippen molar-refractivity contribution < 1.29 is 19.1 Å². The second kappa shape index (κ2) is 7.95. The summed E-state index contributed by atoms with van der Waals surface area (Å²) in [4.78, 5) is 26.9. The lowest BCUT2D eigenvalue weighted by atomic mass is 9.76. The number of amides is 1. The van der Waals surface area contributed by atoms with Gasteiger partial charge in [0.2, 0.25) is 0 Å². The maximum absolute atomic E-state index is 12.3. The third-order valence-electron chi connectivity index (χ3n) is 7.53. The summed E-state index contributed by atoms with van der Waals surface area (Å²) in [5, 5.41) is 2.99. The van der Waals surface area contributed by atoms with E-state index in [-0.39, 0.29) is 18.1 Å². The van der Waals surface area contributed by atoms with Gasteiger partial charge in [-0.15, -0.1) is 0 Å². The topological polar surface area (TPSA) is 67.9 Å². The van der Waals surface area contributed by atoms with Gasteiger partial charge in [0.15, 0.2) is 5.60 Å². The Morgan fingerprint density at radius 1 is 1.22 bits per heavy atom.